The van der Waals surface area contributed by atoms with Crippen LogP contribution in [0.4, 0.5) is 0 Å². The highest BCUT2D eigenvalue weighted by Crippen LogP contribution is 2.16. The molecule has 0 bridgehead atoms. The number of amides is 1. The normalized spacial score (nSPS) is 26.2. The molecule has 2 saturated heterocycles. The molecule has 0 radical (unpaired) electrons. The van der Waals surface area contributed by atoms with Crippen LogP contribution in [-0.2, 0) is 4.79 Å². The molecule has 4 heteroatoms. The number of piperidine rings is 1. The predicted octanol–water partition coefficient (Wildman–Crippen LogP) is 1.71. The van der Waals surface area contributed by atoms with Crippen molar-refractivity contribution in [3.05, 3.63) is 0 Å². The SMILES string of the molecule is CCCNC1CCCN(CC(C)CN2CCCC2)C1=O. The summed E-state index contributed by atoms with van der Waals surface area (Å²) in [6.07, 6.45) is 5.94. The Hall–Kier alpha value is -0.610. The summed E-state index contributed by atoms with van der Waals surface area (Å²) in [6, 6.07) is 0.0719. The van der Waals surface area contributed by atoms with Gasteiger partial charge in [0, 0.05) is 19.6 Å². The Kier molecular flexibility index (Phi) is 6.30. The minimum atomic E-state index is 0.0719. The van der Waals surface area contributed by atoms with Gasteiger partial charge in [0.1, 0.15) is 0 Å². The van der Waals surface area contributed by atoms with E-state index in [4.69, 9.17) is 0 Å². The average molecular weight is 281 g/mol. The zero-order chi connectivity index (χ0) is 14.4. The Morgan fingerprint density at radius 2 is 1.95 bits per heavy atom. The zero-order valence-electron chi connectivity index (χ0n) is 13.2. The van der Waals surface area contributed by atoms with Crippen LogP contribution in [0, 0.1) is 5.92 Å². The Labute approximate surface area is 123 Å². The van der Waals surface area contributed by atoms with E-state index in [1.807, 2.05) is 0 Å². The van der Waals surface area contributed by atoms with Gasteiger partial charge < -0.3 is 15.1 Å². The van der Waals surface area contributed by atoms with Crippen molar-refractivity contribution in [2.24, 2.45) is 5.92 Å². The predicted molar refractivity (Wildman–Crippen MR) is 82.7 cm³/mol. The fourth-order valence-corrected chi connectivity index (χ4v) is 3.47. The van der Waals surface area contributed by atoms with Crippen molar-refractivity contribution in [2.45, 2.75) is 52.0 Å². The minimum Gasteiger partial charge on any atom is -0.341 e. The number of likely N-dealkylation sites (tertiary alicyclic amines) is 2. The van der Waals surface area contributed by atoms with Crippen LogP contribution >= 0.6 is 0 Å². The molecule has 20 heavy (non-hydrogen) atoms. The van der Waals surface area contributed by atoms with Crippen molar-refractivity contribution in [1.29, 1.82) is 0 Å². The maximum Gasteiger partial charge on any atom is 0.239 e. The third-order valence-electron chi connectivity index (χ3n) is 4.47. The summed E-state index contributed by atoms with van der Waals surface area (Å²) in [6.45, 7) is 10.9. The van der Waals surface area contributed by atoms with Crippen LogP contribution in [0.5, 0.6) is 0 Å². The molecule has 2 heterocycles. The molecule has 1 N–H and O–H groups in total. The van der Waals surface area contributed by atoms with Crippen LogP contribution in [0.2, 0.25) is 0 Å². The molecular formula is C16H31N3O. The number of nitrogens with zero attached hydrogens (tertiary/aromatic N) is 2. The molecule has 0 aliphatic carbocycles. The molecule has 1 amide bonds. The van der Waals surface area contributed by atoms with E-state index >= 15 is 0 Å². The first-order chi connectivity index (χ1) is 9.70. The van der Waals surface area contributed by atoms with Gasteiger partial charge in [-0.15, -0.1) is 0 Å². The van der Waals surface area contributed by atoms with Crippen LogP contribution in [-0.4, -0.2) is 61.0 Å². The first kappa shape index (κ1) is 15.8. The second-order valence-electron chi connectivity index (χ2n) is 6.55. The van der Waals surface area contributed by atoms with Crippen molar-refractivity contribution in [1.82, 2.24) is 15.1 Å². The molecule has 0 saturated carbocycles. The smallest absolute Gasteiger partial charge is 0.239 e. The summed E-state index contributed by atoms with van der Waals surface area (Å²) in [4.78, 5) is 17.1. The van der Waals surface area contributed by atoms with Gasteiger partial charge in [0.05, 0.1) is 6.04 Å². The lowest BCUT2D eigenvalue weighted by molar-refractivity contribution is -0.136. The van der Waals surface area contributed by atoms with Crippen LogP contribution in [0.15, 0.2) is 0 Å². The fraction of sp³-hybridized carbons (Fsp3) is 0.938. The van der Waals surface area contributed by atoms with E-state index in [0.717, 1.165) is 45.4 Å². The van der Waals surface area contributed by atoms with E-state index in [1.165, 1.54) is 25.9 Å². The largest absolute Gasteiger partial charge is 0.341 e. The summed E-state index contributed by atoms with van der Waals surface area (Å²) >= 11 is 0. The van der Waals surface area contributed by atoms with Gasteiger partial charge in [-0.3, -0.25) is 4.79 Å². The minimum absolute atomic E-state index is 0.0719. The van der Waals surface area contributed by atoms with Crippen molar-refractivity contribution in [3.63, 3.8) is 0 Å². The number of hydrogen-bond acceptors (Lipinski definition) is 3. The van der Waals surface area contributed by atoms with Crippen molar-refractivity contribution < 1.29 is 4.79 Å². The van der Waals surface area contributed by atoms with Crippen molar-refractivity contribution in [2.75, 3.05) is 39.3 Å². The molecule has 2 atom stereocenters. The van der Waals surface area contributed by atoms with Gasteiger partial charge in [-0.25, -0.2) is 0 Å². The molecule has 4 nitrogen and oxygen atoms in total. The van der Waals surface area contributed by atoms with Gasteiger partial charge in [-0.05, 0) is 57.7 Å². The number of rotatable bonds is 7. The summed E-state index contributed by atoms with van der Waals surface area (Å²) in [7, 11) is 0. The molecule has 116 valence electrons. The first-order valence-corrected chi connectivity index (χ1v) is 8.45. The molecule has 0 aromatic rings. The van der Waals surface area contributed by atoms with Gasteiger partial charge in [0.2, 0.25) is 5.91 Å². The lowest BCUT2D eigenvalue weighted by atomic mass is 10.0. The maximum absolute atomic E-state index is 12.5. The van der Waals surface area contributed by atoms with E-state index in [9.17, 15) is 4.79 Å². The van der Waals surface area contributed by atoms with Gasteiger partial charge in [0.15, 0.2) is 0 Å². The molecule has 2 fully saturated rings. The molecule has 0 aromatic carbocycles. The fourth-order valence-electron chi connectivity index (χ4n) is 3.47. The van der Waals surface area contributed by atoms with Crippen LogP contribution in [0.25, 0.3) is 0 Å². The second kappa shape index (κ2) is 7.99. The topological polar surface area (TPSA) is 35.6 Å². The van der Waals surface area contributed by atoms with E-state index in [1.54, 1.807) is 0 Å². The molecule has 2 aliphatic rings. The standard InChI is InChI=1S/C16H31N3O/c1-3-8-17-15-7-6-11-19(16(15)20)13-14(2)12-18-9-4-5-10-18/h14-15,17H,3-13H2,1-2H3. The van der Waals surface area contributed by atoms with E-state index in [0.29, 0.717) is 11.8 Å². The Morgan fingerprint density at radius 3 is 2.65 bits per heavy atom. The van der Waals surface area contributed by atoms with Crippen molar-refractivity contribution >= 4 is 5.91 Å². The monoisotopic (exact) mass is 281 g/mol. The molecule has 2 unspecified atom stereocenters. The quantitative estimate of drug-likeness (QED) is 0.771. The van der Waals surface area contributed by atoms with Crippen LogP contribution in [0.1, 0.15) is 46.0 Å². The number of carbonyl (C=O) groups excluding carboxylic acids is 1. The lowest BCUT2D eigenvalue weighted by Gasteiger charge is -2.35. The summed E-state index contributed by atoms with van der Waals surface area (Å²) in [5, 5.41) is 3.40. The third-order valence-corrected chi connectivity index (χ3v) is 4.47. The van der Waals surface area contributed by atoms with E-state index < -0.39 is 0 Å². The summed E-state index contributed by atoms with van der Waals surface area (Å²) in [5.41, 5.74) is 0. The third kappa shape index (κ3) is 4.45. The highest BCUT2D eigenvalue weighted by atomic mass is 16.2. The van der Waals surface area contributed by atoms with Gasteiger partial charge >= 0.3 is 0 Å². The maximum atomic E-state index is 12.5. The zero-order valence-corrected chi connectivity index (χ0v) is 13.2. The van der Waals surface area contributed by atoms with Gasteiger partial charge in [-0.1, -0.05) is 13.8 Å². The highest BCUT2D eigenvalue weighted by molar-refractivity contribution is 5.82. The van der Waals surface area contributed by atoms with Crippen LogP contribution in [0.3, 0.4) is 0 Å². The summed E-state index contributed by atoms with van der Waals surface area (Å²) in [5.74, 6) is 0.917. The average Bonchev–Trinajstić information content (AvgIpc) is 2.92. The Morgan fingerprint density at radius 1 is 1.20 bits per heavy atom. The molecule has 0 spiro atoms. The summed E-state index contributed by atoms with van der Waals surface area (Å²) < 4.78 is 0. The Bertz CT molecular complexity index is 302. The van der Waals surface area contributed by atoms with Crippen molar-refractivity contribution in [3.8, 4) is 0 Å². The second-order valence-corrected chi connectivity index (χ2v) is 6.55. The Balaban J connectivity index is 1.76. The van der Waals surface area contributed by atoms with E-state index in [2.05, 4.69) is 29.0 Å². The first-order valence-electron chi connectivity index (χ1n) is 8.45. The number of nitrogens with one attached hydrogen (secondary N) is 1. The number of hydrogen-bond donors (Lipinski definition) is 1. The van der Waals surface area contributed by atoms with Gasteiger partial charge in [0.25, 0.3) is 0 Å². The molecule has 0 aromatic heterocycles. The number of carbonyl (C=O) groups is 1. The van der Waals surface area contributed by atoms with Crippen LogP contribution < -0.4 is 5.32 Å². The molecule has 2 rings (SSSR count). The molecular weight excluding hydrogens is 250 g/mol. The molecule has 2 aliphatic heterocycles. The highest BCUT2D eigenvalue weighted by Gasteiger charge is 2.29. The lowest BCUT2D eigenvalue weighted by Crippen LogP contribution is -2.52. The van der Waals surface area contributed by atoms with E-state index in [-0.39, 0.29) is 6.04 Å². The van der Waals surface area contributed by atoms with Gasteiger partial charge in [-0.2, -0.15) is 0 Å².